The molecule has 116 valence electrons. The highest BCUT2D eigenvalue weighted by molar-refractivity contribution is 7.89. The molecule has 0 aliphatic heterocycles. The normalized spacial score (nSPS) is 11.2. The van der Waals surface area contributed by atoms with Crippen molar-refractivity contribution in [1.29, 1.82) is 0 Å². The number of nitrogens with one attached hydrogen (secondary N) is 2. The Morgan fingerprint density at radius 3 is 2.45 bits per heavy atom. The molecular weight excluding hydrogens is 304 g/mol. The summed E-state index contributed by atoms with van der Waals surface area (Å²) < 4.78 is 25.8. The number of rotatable bonds is 4. The number of anilines is 1. The molecule has 0 aromatic heterocycles. The number of phenols is 1. The zero-order valence-electron chi connectivity index (χ0n) is 12.1. The van der Waals surface area contributed by atoms with E-state index in [0.29, 0.717) is 5.56 Å². The molecule has 3 N–H and O–H groups in total. The molecule has 0 aliphatic rings. The molecule has 0 atom stereocenters. The number of hydrogen-bond acceptors (Lipinski definition) is 4. The molecule has 0 radical (unpaired) electrons. The van der Waals surface area contributed by atoms with E-state index in [0.717, 1.165) is 0 Å². The van der Waals surface area contributed by atoms with Gasteiger partial charge >= 0.3 is 0 Å². The van der Waals surface area contributed by atoms with Crippen LogP contribution in [0.4, 0.5) is 5.69 Å². The molecule has 0 bridgehead atoms. The van der Waals surface area contributed by atoms with Crippen molar-refractivity contribution in [2.24, 2.45) is 0 Å². The second kappa shape index (κ2) is 6.17. The minimum Gasteiger partial charge on any atom is -0.506 e. The van der Waals surface area contributed by atoms with Gasteiger partial charge in [-0.2, -0.15) is 0 Å². The van der Waals surface area contributed by atoms with Crippen LogP contribution in [0.5, 0.6) is 5.75 Å². The number of aryl methyl sites for hydroxylation is 1. The summed E-state index contributed by atoms with van der Waals surface area (Å²) in [7, 11) is -2.33. The summed E-state index contributed by atoms with van der Waals surface area (Å²) in [5.74, 6) is -0.556. The van der Waals surface area contributed by atoms with E-state index in [2.05, 4.69) is 10.0 Å². The van der Waals surface area contributed by atoms with Gasteiger partial charge in [-0.1, -0.05) is 18.2 Å². The monoisotopic (exact) mass is 320 g/mol. The third-order valence-electron chi connectivity index (χ3n) is 3.18. The van der Waals surface area contributed by atoms with Crippen LogP contribution in [0.3, 0.4) is 0 Å². The average Bonchev–Trinajstić information content (AvgIpc) is 2.49. The maximum absolute atomic E-state index is 12.3. The molecule has 0 heterocycles. The number of carbonyl (C=O) groups is 1. The fraction of sp³-hybridized carbons (Fsp3) is 0.133. The zero-order valence-corrected chi connectivity index (χ0v) is 12.9. The Labute approximate surface area is 128 Å². The fourth-order valence-electron chi connectivity index (χ4n) is 1.90. The lowest BCUT2D eigenvalue weighted by Gasteiger charge is -2.11. The van der Waals surface area contributed by atoms with E-state index in [4.69, 9.17) is 0 Å². The van der Waals surface area contributed by atoms with Crippen molar-refractivity contribution in [2.45, 2.75) is 11.8 Å². The summed E-state index contributed by atoms with van der Waals surface area (Å²) in [6, 6.07) is 10.6. The van der Waals surface area contributed by atoms with Crippen LogP contribution >= 0.6 is 0 Å². The summed E-state index contributed by atoms with van der Waals surface area (Å²) in [4.78, 5) is 12.3. The van der Waals surface area contributed by atoms with Gasteiger partial charge in [-0.25, -0.2) is 13.1 Å². The molecule has 6 nitrogen and oxygen atoms in total. The Bertz CT molecular complexity index is 816. The third-order valence-corrected chi connectivity index (χ3v) is 4.60. The highest BCUT2D eigenvalue weighted by Gasteiger charge is 2.17. The Morgan fingerprint density at radius 2 is 1.82 bits per heavy atom. The fourth-order valence-corrected chi connectivity index (χ4v) is 2.66. The molecule has 2 aromatic rings. The van der Waals surface area contributed by atoms with Crippen molar-refractivity contribution >= 4 is 21.6 Å². The van der Waals surface area contributed by atoms with Gasteiger partial charge in [-0.05, 0) is 43.8 Å². The maximum Gasteiger partial charge on any atom is 0.256 e. The summed E-state index contributed by atoms with van der Waals surface area (Å²) in [6.45, 7) is 1.70. The summed E-state index contributed by atoms with van der Waals surface area (Å²) in [5.41, 5.74) is 1.11. The van der Waals surface area contributed by atoms with Crippen molar-refractivity contribution < 1.29 is 18.3 Å². The van der Waals surface area contributed by atoms with Gasteiger partial charge < -0.3 is 10.4 Å². The van der Waals surface area contributed by atoms with Gasteiger partial charge in [0.2, 0.25) is 10.0 Å². The smallest absolute Gasteiger partial charge is 0.256 e. The van der Waals surface area contributed by atoms with Crippen molar-refractivity contribution in [1.82, 2.24) is 4.72 Å². The van der Waals surface area contributed by atoms with E-state index < -0.39 is 15.9 Å². The number of phenolic OH excluding ortho intramolecular Hbond substituents is 1. The van der Waals surface area contributed by atoms with Crippen LogP contribution in [0.1, 0.15) is 15.9 Å². The Morgan fingerprint density at radius 1 is 1.14 bits per heavy atom. The highest BCUT2D eigenvalue weighted by Crippen LogP contribution is 2.23. The number of hydrogen-bond donors (Lipinski definition) is 3. The maximum atomic E-state index is 12.3. The van der Waals surface area contributed by atoms with Crippen molar-refractivity contribution in [3.8, 4) is 5.75 Å². The van der Waals surface area contributed by atoms with E-state index in [1.165, 1.54) is 25.2 Å². The summed E-state index contributed by atoms with van der Waals surface area (Å²) in [5, 5.41) is 12.2. The van der Waals surface area contributed by atoms with Crippen LogP contribution in [-0.2, 0) is 10.0 Å². The first-order valence-electron chi connectivity index (χ1n) is 6.48. The molecule has 0 fully saturated rings. The van der Waals surface area contributed by atoms with Crippen LogP contribution in [0.25, 0.3) is 0 Å². The topological polar surface area (TPSA) is 95.5 Å². The molecule has 2 rings (SSSR count). The van der Waals surface area contributed by atoms with Crippen LogP contribution in [-0.4, -0.2) is 26.5 Å². The Kier molecular flexibility index (Phi) is 4.48. The van der Waals surface area contributed by atoms with E-state index >= 15 is 0 Å². The van der Waals surface area contributed by atoms with Gasteiger partial charge in [0, 0.05) is 5.56 Å². The Hall–Kier alpha value is -2.38. The largest absolute Gasteiger partial charge is 0.506 e. The van der Waals surface area contributed by atoms with Crippen LogP contribution in [0, 0.1) is 6.92 Å². The van der Waals surface area contributed by atoms with E-state index in [1.54, 1.807) is 31.2 Å². The second-order valence-electron chi connectivity index (χ2n) is 4.66. The first-order chi connectivity index (χ1) is 10.3. The van der Waals surface area contributed by atoms with Crippen molar-refractivity contribution in [3.05, 3.63) is 53.6 Å². The minimum atomic E-state index is -3.63. The van der Waals surface area contributed by atoms with Crippen LogP contribution in [0.15, 0.2) is 47.4 Å². The van der Waals surface area contributed by atoms with Gasteiger partial charge in [-0.15, -0.1) is 0 Å². The van der Waals surface area contributed by atoms with Crippen molar-refractivity contribution in [2.75, 3.05) is 12.4 Å². The molecule has 0 aliphatic carbocycles. The minimum absolute atomic E-state index is 0.00281. The van der Waals surface area contributed by atoms with Gasteiger partial charge in [0.25, 0.3) is 5.91 Å². The predicted molar refractivity (Wildman–Crippen MR) is 83.5 cm³/mol. The molecule has 1 amide bonds. The predicted octanol–water partition coefficient (Wildman–Crippen LogP) is 1.86. The lowest BCUT2D eigenvalue weighted by molar-refractivity contribution is 0.102. The highest BCUT2D eigenvalue weighted by atomic mass is 32.2. The SMILES string of the molecule is CNS(=O)(=O)c1ccc(C)c(C(=O)Nc2ccccc2O)c1. The number of sulfonamides is 1. The van der Waals surface area contributed by atoms with Gasteiger partial charge in [-0.3, -0.25) is 4.79 Å². The molecule has 22 heavy (non-hydrogen) atoms. The number of para-hydroxylation sites is 2. The third kappa shape index (κ3) is 3.26. The number of amides is 1. The first kappa shape index (κ1) is 16.0. The zero-order chi connectivity index (χ0) is 16.3. The number of benzene rings is 2. The second-order valence-corrected chi connectivity index (χ2v) is 6.54. The van der Waals surface area contributed by atoms with Crippen molar-refractivity contribution in [3.63, 3.8) is 0 Å². The molecule has 7 heteroatoms. The number of carbonyl (C=O) groups excluding carboxylic acids is 1. The summed E-state index contributed by atoms with van der Waals surface area (Å²) >= 11 is 0. The van der Waals surface area contributed by atoms with Crippen LogP contribution < -0.4 is 10.0 Å². The quantitative estimate of drug-likeness (QED) is 0.749. The standard InChI is InChI=1S/C15H16N2O4S/c1-10-7-8-11(22(20,21)16-2)9-12(10)15(19)17-13-5-3-4-6-14(13)18/h3-9,16,18H,1-2H3,(H,17,19). The summed E-state index contributed by atoms with van der Waals surface area (Å²) in [6.07, 6.45) is 0. The molecule has 0 unspecified atom stereocenters. The molecule has 2 aromatic carbocycles. The molecule has 0 spiro atoms. The molecule has 0 saturated carbocycles. The van der Waals surface area contributed by atoms with E-state index in [9.17, 15) is 18.3 Å². The molecule has 0 saturated heterocycles. The Balaban J connectivity index is 2.38. The van der Waals surface area contributed by atoms with Gasteiger partial charge in [0.1, 0.15) is 5.75 Å². The lowest BCUT2D eigenvalue weighted by Crippen LogP contribution is -2.20. The first-order valence-corrected chi connectivity index (χ1v) is 7.97. The lowest BCUT2D eigenvalue weighted by atomic mass is 10.1. The van der Waals surface area contributed by atoms with E-state index in [1.807, 2.05) is 0 Å². The molecular formula is C15H16N2O4S. The van der Waals surface area contributed by atoms with E-state index in [-0.39, 0.29) is 21.9 Å². The average molecular weight is 320 g/mol. The van der Waals surface area contributed by atoms with Gasteiger partial charge in [0.15, 0.2) is 0 Å². The van der Waals surface area contributed by atoms with Crippen LogP contribution in [0.2, 0.25) is 0 Å². The number of aromatic hydroxyl groups is 1. The van der Waals surface area contributed by atoms with Gasteiger partial charge in [0.05, 0.1) is 10.6 Å².